The van der Waals surface area contributed by atoms with Crippen LogP contribution in [0, 0.1) is 0 Å². The second kappa shape index (κ2) is 17.8. The fourth-order valence-corrected chi connectivity index (χ4v) is 3.98. The number of carboxylic acids is 1. The topological polar surface area (TPSA) is 40.1 Å². The Morgan fingerprint density at radius 3 is 1.19 bits per heavy atom. The van der Waals surface area contributed by atoms with Gasteiger partial charge in [0.05, 0.1) is 26.2 Å². The van der Waals surface area contributed by atoms with E-state index in [1.807, 2.05) is 0 Å². The first-order valence-electron chi connectivity index (χ1n) is 11.6. The van der Waals surface area contributed by atoms with Crippen LogP contribution in [0.4, 0.5) is 0 Å². The van der Waals surface area contributed by atoms with Gasteiger partial charge in [-0.15, -0.1) is 0 Å². The molecule has 0 aliphatic rings. The van der Waals surface area contributed by atoms with Crippen molar-refractivity contribution in [2.75, 3.05) is 26.2 Å². The minimum Gasteiger partial charge on any atom is -0.550 e. The lowest BCUT2D eigenvalue weighted by Crippen LogP contribution is -2.48. The summed E-state index contributed by atoms with van der Waals surface area (Å²) in [5.41, 5.74) is 0. The van der Waals surface area contributed by atoms with E-state index in [9.17, 15) is 9.90 Å². The Balaban J connectivity index is 3.23. The van der Waals surface area contributed by atoms with Crippen molar-refractivity contribution in [3.8, 4) is 0 Å². The third-order valence-corrected chi connectivity index (χ3v) is 6.28. The van der Waals surface area contributed by atoms with E-state index >= 15 is 0 Å². The molecule has 0 aliphatic carbocycles. The van der Waals surface area contributed by atoms with Gasteiger partial charge in [0, 0.05) is 5.97 Å². The zero-order valence-corrected chi connectivity index (χ0v) is 18.2. The summed E-state index contributed by atoms with van der Waals surface area (Å²) in [5.74, 6) is -0.903. The monoisotopic (exact) mass is 369 g/mol. The molecule has 0 aromatic rings. The van der Waals surface area contributed by atoms with Crippen LogP contribution in [0.1, 0.15) is 117 Å². The Morgan fingerprint density at radius 1 is 0.577 bits per heavy atom. The van der Waals surface area contributed by atoms with Crippen LogP contribution in [0.3, 0.4) is 0 Å². The summed E-state index contributed by atoms with van der Waals surface area (Å²) in [6, 6.07) is 0. The second-order valence-electron chi connectivity index (χ2n) is 8.09. The largest absolute Gasteiger partial charge is 0.550 e. The highest BCUT2D eigenvalue weighted by molar-refractivity contribution is 5.63. The van der Waals surface area contributed by atoms with Crippen LogP contribution in [0.25, 0.3) is 0 Å². The maximum atomic E-state index is 10.3. The summed E-state index contributed by atoms with van der Waals surface area (Å²) in [6.45, 7) is 12.2. The molecule has 26 heavy (non-hydrogen) atoms. The molecule has 0 aromatic heterocycles. The Morgan fingerprint density at radius 2 is 0.885 bits per heavy atom. The number of quaternary nitrogens is 1. The van der Waals surface area contributed by atoms with Crippen LogP contribution >= 0.6 is 0 Å². The number of hydrogen-bond acceptors (Lipinski definition) is 2. The molecule has 0 heterocycles. The molecule has 0 spiro atoms. The molecule has 0 bridgehead atoms. The first-order valence-corrected chi connectivity index (χ1v) is 11.6. The Hall–Kier alpha value is -0.570. The van der Waals surface area contributed by atoms with Crippen molar-refractivity contribution in [3.63, 3.8) is 0 Å². The number of carboxylic acid groups (broad SMARTS) is 1. The van der Waals surface area contributed by atoms with Crippen molar-refractivity contribution < 1.29 is 14.4 Å². The minimum absolute atomic E-state index is 0.232. The van der Waals surface area contributed by atoms with Gasteiger partial charge in [0.25, 0.3) is 0 Å². The van der Waals surface area contributed by atoms with Crippen LogP contribution in [0.2, 0.25) is 0 Å². The van der Waals surface area contributed by atoms with Crippen LogP contribution in [0.15, 0.2) is 0 Å². The van der Waals surface area contributed by atoms with Crippen molar-refractivity contribution in [1.29, 1.82) is 0 Å². The molecule has 0 unspecified atom stereocenters. The van der Waals surface area contributed by atoms with Crippen molar-refractivity contribution >= 4 is 5.97 Å². The predicted molar refractivity (Wildman–Crippen MR) is 111 cm³/mol. The zero-order chi connectivity index (χ0) is 19.5. The van der Waals surface area contributed by atoms with Crippen molar-refractivity contribution in [3.05, 3.63) is 0 Å². The molecule has 0 saturated carbocycles. The lowest BCUT2D eigenvalue weighted by molar-refractivity contribution is -0.923. The predicted octanol–water partition coefficient (Wildman–Crippen LogP) is 5.46. The van der Waals surface area contributed by atoms with E-state index in [0.717, 1.165) is 12.8 Å². The molecule has 0 amide bonds. The molecular formula is C23H47NO2. The van der Waals surface area contributed by atoms with E-state index in [1.165, 1.54) is 108 Å². The van der Waals surface area contributed by atoms with Gasteiger partial charge in [0.15, 0.2) is 0 Å². The van der Waals surface area contributed by atoms with Gasteiger partial charge in [-0.25, -0.2) is 0 Å². The highest BCUT2D eigenvalue weighted by Crippen LogP contribution is 2.14. The van der Waals surface area contributed by atoms with E-state index in [0.29, 0.717) is 0 Å². The summed E-state index contributed by atoms with van der Waals surface area (Å²) in [7, 11) is 0. The van der Waals surface area contributed by atoms with Crippen molar-refractivity contribution in [1.82, 2.24) is 0 Å². The number of carbonyl (C=O) groups excluding carboxylic acids is 1. The Labute approximate surface area is 164 Å². The average Bonchev–Trinajstić information content (AvgIpc) is 2.65. The molecule has 0 aliphatic heterocycles. The van der Waals surface area contributed by atoms with Gasteiger partial charge in [-0.05, 0) is 46.5 Å². The molecule has 0 rings (SSSR count). The van der Waals surface area contributed by atoms with Crippen LogP contribution in [0.5, 0.6) is 0 Å². The number of aliphatic carboxylic acids is 1. The third kappa shape index (κ3) is 14.6. The fourth-order valence-electron chi connectivity index (χ4n) is 3.98. The standard InChI is InChI=1S/C23H47NO2/c1-4-24(5-2,6-3)22-20-18-16-14-12-10-8-7-9-11-13-15-17-19-21-23(25)26/h4-22H2,1-3H3. The molecule has 0 aromatic carbocycles. The molecule has 0 fully saturated rings. The van der Waals surface area contributed by atoms with Crippen LogP contribution < -0.4 is 5.11 Å². The molecule has 0 radical (unpaired) electrons. The number of rotatable bonds is 20. The Bertz CT molecular complexity index is 305. The number of hydrogen-bond donors (Lipinski definition) is 0. The molecular weight excluding hydrogens is 322 g/mol. The molecule has 0 saturated heterocycles. The summed E-state index contributed by atoms with van der Waals surface area (Å²) < 4.78 is 1.30. The van der Waals surface area contributed by atoms with Gasteiger partial charge >= 0.3 is 0 Å². The maximum Gasteiger partial charge on any atom is 0.0786 e. The molecule has 3 heteroatoms. The van der Waals surface area contributed by atoms with Crippen LogP contribution in [-0.2, 0) is 4.79 Å². The van der Waals surface area contributed by atoms with E-state index in [-0.39, 0.29) is 6.42 Å². The number of carbonyl (C=O) groups is 1. The van der Waals surface area contributed by atoms with Gasteiger partial charge in [0.1, 0.15) is 0 Å². The van der Waals surface area contributed by atoms with Gasteiger partial charge in [-0.2, -0.15) is 0 Å². The maximum absolute atomic E-state index is 10.3. The van der Waals surface area contributed by atoms with Crippen LogP contribution in [-0.4, -0.2) is 36.6 Å². The van der Waals surface area contributed by atoms with E-state index in [2.05, 4.69) is 20.8 Å². The summed E-state index contributed by atoms with van der Waals surface area (Å²) >= 11 is 0. The summed E-state index contributed by atoms with van der Waals surface area (Å²) in [6.07, 6.45) is 18.4. The molecule has 0 N–H and O–H groups in total. The first kappa shape index (κ1) is 25.4. The smallest absolute Gasteiger partial charge is 0.0786 e. The summed E-state index contributed by atoms with van der Waals surface area (Å²) in [5, 5.41) is 10.3. The number of nitrogens with zero attached hydrogens (tertiary/aromatic N) is 1. The van der Waals surface area contributed by atoms with Gasteiger partial charge in [-0.1, -0.05) is 70.6 Å². The van der Waals surface area contributed by atoms with Crippen molar-refractivity contribution in [2.45, 2.75) is 117 Å². The highest BCUT2D eigenvalue weighted by atomic mass is 16.4. The molecule has 3 nitrogen and oxygen atoms in total. The van der Waals surface area contributed by atoms with Gasteiger partial charge in [0.2, 0.25) is 0 Å². The van der Waals surface area contributed by atoms with E-state index in [1.54, 1.807) is 0 Å². The quantitative estimate of drug-likeness (QED) is 0.211. The SMILES string of the molecule is CC[N+](CC)(CC)CCCCCCCCCCCCCCCCC(=O)[O-]. The second-order valence-corrected chi connectivity index (χ2v) is 8.09. The fraction of sp³-hybridized carbons (Fsp3) is 0.957. The lowest BCUT2D eigenvalue weighted by atomic mass is 10.0. The minimum atomic E-state index is -0.903. The highest BCUT2D eigenvalue weighted by Gasteiger charge is 2.19. The molecule has 0 atom stereocenters. The van der Waals surface area contributed by atoms with Gasteiger partial charge in [-0.3, -0.25) is 0 Å². The first-order chi connectivity index (χ1) is 12.6. The van der Waals surface area contributed by atoms with Gasteiger partial charge < -0.3 is 14.4 Å². The Kier molecular flexibility index (Phi) is 17.4. The third-order valence-electron chi connectivity index (χ3n) is 6.28. The zero-order valence-electron chi connectivity index (χ0n) is 18.2. The lowest BCUT2D eigenvalue weighted by Gasteiger charge is -2.35. The van der Waals surface area contributed by atoms with Crippen molar-refractivity contribution in [2.24, 2.45) is 0 Å². The average molecular weight is 370 g/mol. The summed E-state index contributed by atoms with van der Waals surface area (Å²) in [4.78, 5) is 10.3. The normalized spacial score (nSPS) is 11.8. The van der Waals surface area contributed by atoms with E-state index < -0.39 is 5.97 Å². The number of unbranched alkanes of at least 4 members (excludes halogenated alkanes) is 13. The van der Waals surface area contributed by atoms with E-state index in [4.69, 9.17) is 0 Å². The molecule has 156 valence electrons.